The molecule has 1 saturated heterocycles. The Morgan fingerprint density at radius 3 is 2.50 bits per heavy atom. The number of pyridine rings is 1. The number of hydrogen-bond acceptors (Lipinski definition) is 6. The second-order valence-electron chi connectivity index (χ2n) is 8.94. The lowest BCUT2D eigenvalue weighted by atomic mass is 10.0. The van der Waals surface area contributed by atoms with Gasteiger partial charge in [0.1, 0.15) is 17.6 Å². The van der Waals surface area contributed by atoms with Crippen molar-refractivity contribution in [1.82, 2.24) is 24.6 Å². The van der Waals surface area contributed by atoms with Gasteiger partial charge in [0.2, 0.25) is 0 Å². The number of benzene rings is 1. The van der Waals surface area contributed by atoms with Crippen molar-refractivity contribution in [3.63, 3.8) is 0 Å². The number of aliphatic hydroxyl groups excluding tert-OH is 1. The molecule has 4 aromatic rings. The van der Waals surface area contributed by atoms with Crippen molar-refractivity contribution in [2.75, 3.05) is 13.1 Å². The molecule has 1 fully saturated rings. The summed E-state index contributed by atoms with van der Waals surface area (Å²) in [4.78, 5) is 11.1. The number of imidazole rings is 1. The predicted octanol–water partition coefficient (Wildman–Crippen LogP) is 3.89. The lowest BCUT2D eigenvalue weighted by Gasteiger charge is -2.36. The van der Waals surface area contributed by atoms with Crippen LogP contribution < -0.4 is 0 Å². The van der Waals surface area contributed by atoms with E-state index in [1.165, 1.54) is 0 Å². The van der Waals surface area contributed by atoms with Crippen LogP contribution in [0.15, 0.2) is 65.6 Å². The van der Waals surface area contributed by atoms with Gasteiger partial charge in [-0.2, -0.15) is 0 Å². The van der Waals surface area contributed by atoms with Gasteiger partial charge in [-0.25, -0.2) is 4.98 Å². The second kappa shape index (κ2) is 9.64. The molecule has 0 bridgehead atoms. The Hall–Kier alpha value is -3.73. The maximum atomic E-state index is 9.82. The molecule has 7 heteroatoms. The van der Waals surface area contributed by atoms with Crippen LogP contribution in [0.25, 0.3) is 11.3 Å². The molecule has 1 aromatic carbocycles. The van der Waals surface area contributed by atoms with E-state index < -0.39 is 6.10 Å². The Balaban J connectivity index is 1.21. The molecule has 34 heavy (non-hydrogen) atoms. The summed E-state index contributed by atoms with van der Waals surface area (Å²) in [5.41, 5.74) is 4.60. The van der Waals surface area contributed by atoms with Crippen molar-refractivity contribution in [2.24, 2.45) is 5.92 Å². The first kappa shape index (κ1) is 22.1. The van der Waals surface area contributed by atoms with Crippen LogP contribution in [0.5, 0.6) is 0 Å². The quantitative estimate of drug-likeness (QED) is 0.446. The van der Waals surface area contributed by atoms with E-state index in [0.29, 0.717) is 18.1 Å². The summed E-state index contributed by atoms with van der Waals surface area (Å²) in [5, 5.41) is 14.0. The Bertz CT molecular complexity index is 1300. The van der Waals surface area contributed by atoms with Crippen LogP contribution in [0.2, 0.25) is 0 Å². The van der Waals surface area contributed by atoms with Gasteiger partial charge in [-0.05, 0) is 49.2 Å². The van der Waals surface area contributed by atoms with Crippen molar-refractivity contribution < 1.29 is 9.63 Å². The Morgan fingerprint density at radius 1 is 1.03 bits per heavy atom. The van der Waals surface area contributed by atoms with E-state index in [0.717, 1.165) is 53.6 Å². The Kier molecular flexibility index (Phi) is 6.26. The molecule has 0 aliphatic carbocycles. The molecule has 1 aliphatic heterocycles. The first-order valence-corrected chi connectivity index (χ1v) is 11.5. The molecule has 0 amide bonds. The number of hydrogen-bond donors (Lipinski definition) is 1. The third kappa shape index (κ3) is 5.09. The molecule has 0 spiro atoms. The summed E-state index contributed by atoms with van der Waals surface area (Å²) >= 11 is 0. The van der Waals surface area contributed by atoms with Gasteiger partial charge in [0.15, 0.2) is 5.76 Å². The molecule has 0 saturated carbocycles. The average molecular weight is 454 g/mol. The van der Waals surface area contributed by atoms with Crippen LogP contribution in [-0.4, -0.2) is 42.8 Å². The molecular formula is C27H27N5O2. The smallest absolute Gasteiger partial charge is 0.167 e. The minimum absolute atomic E-state index is 0.483. The predicted molar refractivity (Wildman–Crippen MR) is 129 cm³/mol. The summed E-state index contributed by atoms with van der Waals surface area (Å²) in [7, 11) is 0. The van der Waals surface area contributed by atoms with Crippen LogP contribution in [-0.2, 0) is 13.1 Å². The van der Waals surface area contributed by atoms with Crippen molar-refractivity contribution in [1.29, 1.82) is 0 Å². The minimum atomic E-state index is -0.641. The third-order valence-corrected chi connectivity index (χ3v) is 5.88. The zero-order chi connectivity index (χ0) is 23.5. The highest BCUT2D eigenvalue weighted by atomic mass is 16.5. The second-order valence-corrected chi connectivity index (χ2v) is 8.94. The minimum Gasteiger partial charge on any atom is -0.385 e. The van der Waals surface area contributed by atoms with E-state index in [-0.39, 0.29) is 0 Å². The molecule has 0 unspecified atom stereocenters. The molecule has 0 radical (unpaired) electrons. The molecule has 7 nitrogen and oxygen atoms in total. The van der Waals surface area contributed by atoms with Crippen molar-refractivity contribution in [3.8, 4) is 23.2 Å². The topological polar surface area (TPSA) is 80.2 Å². The SMILES string of the molecule is CC1CN(Cc2ccc(C#Cc3ccc(-c4cc(Cn5ccnc5[C@H](C)O)no4)cc3)cn2)C1. The van der Waals surface area contributed by atoms with Crippen molar-refractivity contribution >= 4 is 0 Å². The lowest BCUT2D eigenvalue weighted by molar-refractivity contribution is 0.103. The van der Waals surface area contributed by atoms with Crippen LogP contribution in [0, 0.1) is 17.8 Å². The van der Waals surface area contributed by atoms with Crippen LogP contribution in [0.1, 0.15) is 48.3 Å². The van der Waals surface area contributed by atoms with Gasteiger partial charge in [-0.15, -0.1) is 0 Å². The first-order valence-electron chi connectivity index (χ1n) is 11.5. The number of nitrogens with zero attached hydrogens (tertiary/aromatic N) is 5. The van der Waals surface area contributed by atoms with Gasteiger partial charge in [-0.1, -0.05) is 23.9 Å². The normalized spacial score (nSPS) is 14.9. The van der Waals surface area contributed by atoms with Gasteiger partial charge < -0.3 is 14.2 Å². The molecule has 1 atom stereocenters. The fourth-order valence-electron chi connectivity index (χ4n) is 4.16. The number of aliphatic hydroxyl groups is 1. The zero-order valence-corrected chi connectivity index (χ0v) is 19.3. The maximum Gasteiger partial charge on any atom is 0.167 e. The van der Waals surface area contributed by atoms with Crippen LogP contribution in [0.3, 0.4) is 0 Å². The Labute approximate surface area is 199 Å². The molecule has 5 rings (SSSR count). The van der Waals surface area contributed by atoms with Gasteiger partial charge in [-0.3, -0.25) is 9.88 Å². The first-order chi connectivity index (χ1) is 16.5. The third-order valence-electron chi connectivity index (χ3n) is 5.88. The summed E-state index contributed by atoms with van der Waals surface area (Å²) in [6, 6.07) is 13.9. The summed E-state index contributed by atoms with van der Waals surface area (Å²) in [6.45, 7) is 7.67. The summed E-state index contributed by atoms with van der Waals surface area (Å²) in [6.07, 6.45) is 4.69. The highest BCUT2D eigenvalue weighted by Crippen LogP contribution is 2.22. The van der Waals surface area contributed by atoms with Crippen LogP contribution >= 0.6 is 0 Å². The van der Waals surface area contributed by atoms with Crippen molar-refractivity contribution in [3.05, 3.63) is 89.4 Å². The van der Waals surface area contributed by atoms with E-state index in [9.17, 15) is 5.11 Å². The van der Waals surface area contributed by atoms with Gasteiger partial charge >= 0.3 is 0 Å². The molecule has 1 aliphatic rings. The molecule has 1 N–H and O–H groups in total. The summed E-state index contributed by atoms with van der Waals surface area (Å²) < 4.78 is 7.39. The molecule has 172 valence electrons. The highest BCUT2D eigenvalue weighted by molar-refractivity contribution is 5.59. The van der Waals surface area contributed by atoms with E-state index in [1.54, 1.807) is 13.1 Å². The zero-order valence-electron chi connectivity index (χ0n) is 19.3. The summed E-state index contributed by atoms with van der Waals surface area (Å²) in [5.74, 6) is 8.47. The number of likely N-dealkylation sites (tertiary alicyclic amines) is 1. The largest absolute Gasteiger partial charge is 0.385 e. The molecule has 4 heterocycles. The van der Waals surface area contributed by atoms with Gasteiger partial charge in [0.25, 0.3) is 0 Å². The van der Waals surface area contributed by atoms with E-state index in [1.807, 2.05) is 53.4 Å². The highest BCUT2D eigenvalue weighted by Gasteiger charge is 2.22. The number of aromatic nitrogens is 4. The molecule has 3 aromatic heterocycles. The lowest BCUT2D eigenvalue weighted by Crippen LogP contribution is -2.44. The average Bonchev–Trinajstić information content (AvgIpc) is 3.48. The maximum absolute atomic E-state index is 9.82. The van der Waals surface area contributed by atoms with Gasteiger partial charge in [0.05, 0.1) is 12.2 Å². The number of rotatable bonds is 6. The fraction of sp³-hybridized carbons (Fsp3) is 0.296. The Morgan fingerprint density at radius 2 is 1.79 bits per heavy atom. The molecular weight excluding hydrogens is 426 g/mol. The van der Waals surface area contributed by atoms with Crippen molar-refractivity contribution in [2.45, 2.75) is 33.0 Å². The fourth-order valence-corrected chi connectivity index (χ4v) is 4.16. The van der Waals surface area contributed by atoms with E-state index in [2.05, 4.69) is 44.9 Å². The van der Waals surface area contributed by atoms with Crippen LogP contribution in [0.4, 0.5) is 0 Å². The van der Waals surface area contributed by atoms with E-state index >= 15 is 0 Å². The standard InChI is InChI=1S/C27H27N5O2/c1-19-15-31(16-19)17-24-10-7-22(14-29-24)4-3-21-5-8-23(9-6-21)26-13-25(30-34-26)18-32-12-11-28-27(32)20(2)33/h5-14,19-20,33H,15-18H2,1-2H3/t20-/m0/s1. The van der Waals surface area contributed by atoms with E-state index in [4.69, 9.17) is 4.52 Å². The van der Waals surface area contributed by atoms with Gasteiger partial charge in [0, 0.05) is 61.0 Å². The monoisotopic (exact) mass is 453 g/mol.